The van der Waals surface area contributed by atoms with Crippen LogP contribution >= 0.6 is 11.6 Å². The Morgan fingerprint density at radius 2 is 1.89 bits per heavy atom. The predicted octanol–water partition coefficient (Wildman–Crippen LogP) is 4.77. The van der Waals surface area contributed by atoms with Gasteiger partial charge in [-0.15, -0.1) is 5.06 Å². The molecule has 2 aromatic rings. The van der Waals surface area contributed by atoms with Crippen molar-refractivity contribution in [3.8, 4) is 0 Å². The number of hydroxylamine groups is 2. The average molecular weight is 400 g/mol. The fourth-order valence-electron chi connectivity index (χ4n) is 3.49. The topological polar surface area (TPSA) is 63.2 Å². The van der Waals surface area contributed by atoms with E-state index in [-0.39, 0.29) is 5.60 Å². The van der Waals surface area contributed by atoms with Gasteiger partial charge in [0.1, 0.15) is 5.60 Å². The molecule has 1 N–H and O–H groups in total. The lowest BCUT2D eigenvalue weighted by atomic mass is 9.86. The van der Waals surface area contributed by atoms with Gasteiger partial charge in [-0.1, -0.05) is 58.7 Å². The molecule has 2 aliphatic heterocycles. The summed E-state index contributed by atoms with van der Waals surface area (Å²) in [5.41, 5.74) is 3.52. The minimum absolute atomic E-state index is 0.306. The smallest absolute Gasteiger partial charge is 0.388 e. The van der Waals surface area contributed by atoms with Crippen LogP contribution in [0.2, 0.25) is 5.02 Å². The molecule has 0 aliphatic carbocycles. The van der Waals surface area contributed by atoms with Crippen LogP contribution in [0.1, 0.15) is 30.4 Å². The highest BCUT2D eigenvalue weighted by atomic mass is 35.5. The van der Waals surface area contributed by atoms with Gasteiger partial charge in [0.15, 0.2) is 0 Å². The zero-order valence-corrected chi connectivity index (χ0v) is 16.4. The second-order valence-corrected chi connectivity index (χ2v) is 7.67. The third kappa shape index (κ3) is 4.13. The maximum atomic E-state index is 12.1. The van der Waals surface area contributed by atoms with E-state index < -0.39 is 6.09 Å². The molecule has 0 bridgehead atoms. The van der Waals surface area contributed by atoms with Gasteiger partial charge in [0.25, 0.3) is 0 Å². The van der Waals surface area contributed by atoms with Crippen LogP contribution in [-0.4, -0.2) is 35.6 Å². The van der Waals surface area contributed by atoms with Gasteiger partial charge in [0.2, 0.25) is 0 Å². The molecule has 2 aliphatic rings. The molecule has 0 unspecified atom stereocenters. The molecule has 7 heteroatoms. The van der Waals surface area contributed by atoms with E-state index in [0.717, 1.165) is 30.5 Å². The normalized spacial score (nSPS) is 18.4. The summed E-state index contributed by atoms with van der Waals surface area (Å²) in [6, 6.07) is 15.4. The maximum Gasteiger partial charge on any atom is 0.430 e. The molecular weight excluding hydrogens is 378 g/mol. The van der Waals surface area contributed by atoms with Crippen molar-refractivity contribution in [1.29, 1.82) is 0 Å². The van der Waals surface area contributed by atoms with Crippen LogP contribution in [0, 0.1) is 6.92 Å². The summed E-state index contributed by atoms with van der Waals surface area (Å²) in [5, 5.41) is 9.12. The molecule has 0 radical (unpaired) electrons. The third-order valence-electron chi connectivity index (χ3n) is 5.18. The average Bonchev–Trinajstić information content (AvgIpc) is 3.10. The first-order valence-electron chi connectivity index (χ1n) is 9.34. The minimum atomic E-state index is -0.548. The summed E-state index contributed by atoms with van der Waals surface area (Å²) in [5.74, 6) is 0. The Hall–Kier alpha value is -2.57. The Morgan fingerprint density at radius 3 is 2.61 bits per heavy atom. The van der Waals surface area contributed by atoms with E-state index in [4.69, 9.17) is 21.3 Å². The molecular formula is C21H22ClN3O3. The number of hydrogen-bond acceptors (Lipinski definition) is 5. The van der Waals surface area contributed by atoms with Gasteiger partial charge < -0.3 is 9.68 Å². The molecule has 1 amide bonds. The van der Waals surface area contributed by atoms with E-state index in [1.165, 1.54) is 5.56 Å². The Morgan fingerprint density at radius 1 is 1.18 bits per heavy atom. The van der Waals surface area contributed by atoms with Crippen LogP contribution in [0.3, 0.4) is 0 Å². The number of carbonyl (C=O) groups is 1. The summed E-state index contributed by atoms with van der Waals surface area (Å²) in [6.07, 6.45) is 1.71. The summed E-state index contributed by atoms with van der Waals surface area (Å²) < 4.78 is 0. The molecule has 0 atom stereocenters. The zero-order valence-electron chi connectivity index (χ0n) is 15.7. The van der Waals surface area contributed by atoms with Crippen molar-refractivity contribution in [2.24, 2.45) is 5.16 Å². The largest absolute Gasteiger partial charge is 0.430 e. The van der Waals surface area contributed by atoms with E-state index in [1.54, 1.807) is 29.3 Å². The number of para-hydroxylation sites is 1. The number of benzene rings is 2. The summed E-state index contributed by atoms with van der Waals surface area (Å²) in [4.78, 5) is 23.4. The lowest BCUT2D eigenvalue weighted by Gasteiger charge is -2.35. The second kappa shape index (κ2) is 7.81. The van der Waals surface area contributed by atoms with Gasteiger partial charge in [-0.2, -0.15) is 0 Å². The first-order chi connectivity index (χ1) is 13.5. The fourth-order valence-corrected chi connectivity index (χ4v) is 3.67. The van der Waals surface area contributed by atoms with Crippen molar-refractivity contribution in [1.82, 2.24) is 5.06 Å². The van der Waals surface area contributed by atoms with Gasteiger partial charge in [0.05, 0.1) is 16.4 Å². The number of hydrogen-bond donors (Lipinski definition) is 1. The molecule has 1 spiro atoms. The lowest BCUT2D eigenvalue weighted by Crippen LogP contribution is -2.45. The van der Waals surface area contributed by atoms with E-state index in [9.17, 15) is 4.79 Å². The number of anilines is 1. The Bertz CT molecular complexity index is 890. The number of oxime groups is 1. The Kier molecular flexibility index (Phi) is 5.24. The van der Waals surface area contributed by atoms with Crippen molar-refractivity contribution in [2.75, 3.05) is 18.4 Å². The van der Waals surface area contributed by atoms with Crippen LogP contribution in [0.4, 0.5) is 10.5 Å². The van der Waals surface area contributed by atoms with Crippen molar-refractivity contribution < 1.29 is 14.5 Å². The number of halogens is 1. The lowest BCUT2D eigenvalue weighted by molar-refractivity contribution is -0.154. The van der Waals surface area contributed by atoms with Crippen LogP contribution in [0.15, 0.2) is 53.7 Å². The van der Waals surface area contributed by atoms with E-state index in [2.05, 4.69) is 41.7 Å². The maximum absolute atomic E-state index is 12.1. The summed E-state index contributed by atoms with van der Waals surface area (Å²) in [6.45, 7) is 3.25. The fraction of sp³-hybridized carbons (Fsp3) is 0.333. The van der Waals surface area contributed by atoms with Gasteiger partial charge >= 0.3 is 6.09 Å². The molecule has 2 heterocycles. The van der Waals surface area contributed by atoms with E-state index in [0.29, 0.717) is 23.8 Å². The molecule has 4 rings (SSSR count). The first-order valence-corrected chi connectivity index (χ1v) is 9.71. The number of amides is 1. The van der Waals surface area contributed by atoms with Crippen LogP contribution in [0.25, 0.3) is 0 Å². The number of piperidine rings is 1. The number of carbonyl (C=O) groups excluding carboxylic acids is 1. The van der Waals surface area contributed by atoms with Crippen LogP contribution in [-0.2, 0) is 9.68 Å². The monoisotopic (exact) mass is 399 g/mol. The molecule has 2 aromatic carbocycles. The number of nitrogens with zero attached hydrogens (tertiary/aromatic N) is 2. The number of rotatable bonds is 3. The number of aryl methyl sites for hydroxylation is 1. The van der Waals surface area contributed by atoms with E-state index >= 15 is 0 Å². The highest BCUT2D eigenvalue weighted by Crippen LogP contribution is 2.36. The summed E-state index contributed by atoms with van der Waals surface area (Å²) in [7, 11) is 0. The Balaban J connectivity index is 1.29. The predicted molar refractivity (Wildman–Crippen MR) is 109 cm³/mol. The second-order valence-electron chi connectivity index (χ2n) is 7.27. The first kappa shape index (κ1) is 18.8. The SMILES string of the molecule is Cc1ccc(C2=NOC3(CCN(OC(=O)Nc4ccccc4Cl)CC3)C2)cc1. The van der Waals surface area contributed by atoms with Gasteiger partial charge in [-0.3, -0.25) is 5.32 Å². The number of nitrogens with one attached hydrogen (secondary N) is 1. The molecule has 1 saturated heterocycles. The van der Waals surface area contributed by atoms with Gasteiger partial charge in [0, 0.05) is 32.4 Å². The minimum Gasteiger partial charge on any atom is -0.388 e. The molecule has 1 fully saturated rings. The highest BCUT2D eigenvalue weighted by Gasteiger charge is 2.43. The van der Waals surface area contributed by atoms with Gasteiger partial charge in [-0.05, 0) is 24.6 Å². The molecule has 0 saturated carbocycles. The van der Waals surface area contributed by atoms with Crippen LogP contribution in [0.5, 0.6) is 0 Å². The van der Waals surface area contributed by atoms with Crippen LogP contribution < -0.4 is 5.32 Å². The van der Waals surface area contributed by atoms with Crippen molar-refractivity contribution in [2.45, 2.75) is 31.8 Å². The standard InChI is InChI=1S/C21H22ClN3O3/c1-15-6-8-16(9-7-15)19-14-21(28-24-19)10-12-25(13-11-21)27-20(26)23-18-5-3-2-4-17(18)22/h2-9H,10-14H2,1H3,(H,23,26). The van der Waals surface area contributed by atoms with E-state index in [1.807, 2.05) is 0 Å². The van der Waals surface area contributed by atoms with Crippen molar-refractivity contribution >= 4 is 29.1 Å². The summed E-state index contributed by atoms with van der Waals surface area (Å²) >= 11 is 6.05. The third-order valence-corrected chi connectivity index (χ3v) is 5.51. The van der Waals surface area contributed by atoms with Crippen molar-refractivity contribution in [3.05, 3.63) is 64.7 Å². The molecule has 146 valence electrons. The Labute approximate surface area is 169 Å². The molecule has 28 heavy (non-hydrogen) atoms. The highest BCUT2D eigenvalue weighted by molar-refractivity contribution is 6.33. The molecule has 0 aromatic heterocycles. The van der Waals surface area contributed by atoms with Gasteiger partial charge in [-0.25, -0.2) is 4.79 Å². The zero-order chi connectivity index (χ0) is 19.6. The molecule has 6 nitrogen and oxygen atoms in total. The van der Waals surface area contributed by atoms with Crippen molar-refractivity contribution in [3.63, 3.8) is 0 Å². The quantitative estimate of drug-likeness (QED) is 0.807.